The average molecular weight is 243 g/mol. The van der Waals surface area contributed by atoms with Gasteiger partial charge in [-0.2, -0.15) is 5.26 Å². The number of nitriles is 1. The van der Waals surface area contributed by atoms with Gasteiger partial charge in [-0.05, 0) is 24.8 Å². The maximum atomic E-state index is 10.8. The predicted molar refractivity (Wildman–Crippen MR) is 70.7 cm³/mol. The number of nitrogens with zero attached hydrogens (tertiary/aromatic N) is 1. The van der Waals surface area contributed by atoms with Crippen LogP contribution < -0.4 is 0 Å². The smallest absolute Gasteiger partial charge is 0.346 e. The van der Waals surface area contributed by atoms with E-state index >= 15 is 0 Å². The second kappa shape index (κ2) is 6.61. The molecule has 0 heterocycles. The lowest BCUT2D eigenvalue weighted by atomic mass is 9.86. The third kappa shape index (κ3) is 3.46. The summed E-state index contributed by atoms with van der Waals surface area (Å²) in [7, 11) is 0. The van der Waals surface area contributed by atoms with Gasteiger partial charge in [0, 0.05) is 5.92 Å². The first-order valence-corrected chi connectivity index (χ1v) is 5.97. The lowest BCUT2D eigenvalue weighted by Crippen LogP contribution is -2.06. The predicted octanol–water partition coefficient (Wildman–Crippen LogP) is 3.38. The van der Waals surface area contributed by atoms with E-state index in [2.05, 4.69) is 13.5 Å². The number of allylic oxidation sites excluding steroid dienone is 6. The molecule has 1 unspecified atom stereocenters. The molecular weight excluding hydrogens is 226 g/mol. The maximum absolute atomic E-state index is 10.8. The quantitative estimate of drug-likeness (QED) is 0.457. The Morgan fingerprint density at radius 1 is 1.72 bits per heavy atom. The molecule has 1 aliphatic rings. The van der Waals surface area contributed by atoms with Crippen molar-refractivity contribution in [2.75, 3.05) is 0 Å². The summed E-state index contributed by atoms with van der Waals surface area (Å²) >= 11 is 0. The Labute approximate surface area is 107 Å². The van der Waals surface area contributed by atoms with E-state index in [0.717, 1.165) is 19.3 Å². The Morgan fingerprint density at radius 3 is 2.94 bits per heavy atom. The molecule has 0 aromatic carbocycles. The zero-order valence-corrected chi connectivity index (χ0v) is 10.5. The fraction of sp³-hybridized carbons (Fsp3) is 0.333. The highest BCUT2D eigenvalue weighted by Gasteiger charge is 2.15. The molecule has 1 N–H and O–H groups in total. The molecule has 1 aliphatic carbocycles. The molecule has 0 saturated heterocycles. The molecule has 1 rings (SSSR count). The van der Waals surface area contributed by atoms with Crippen molar-refractivity contribution in [2.24, 2.45) is 5.92 Å². The van der Waals surface area contributed by atoms with Crippen molar-refractivity contribution in [1.29, 1.82) is 5.26 Å². The number of hydrogen-bond donors (Lipinski definition) is 1. The second-order valence-corrected chi connectivity index (χ2v) is 4.20. The Balaban J connectivity index is 2.90. The van der Waals surface area contributed by atoms with E-state index < -0.39 is 5.97 Å². The van der Waals surface area contributed by atoms with Crippen LogP contribution in [0.15, 0.2) is 47.6 Å². The molecule has 0 bridgehead atoms. The molecule has 18 heavy (non-hydrogen) atoms. The van der Waals surface area contributed by atoms with Crippen LogP contribution in [0.3, 0.4) is 0 Å². The summed E-state index contributed by atoms with van der Waals surface area (Å²) in [6.07, 6.45) is 9.92. The van der Waals surface area contributed by atoms with Gasteiger partial charge in [0.25, 0.3) is 0 Å². The third-order valence-corrected chi connectivity index (χ3v) is 3.00. The number of carboxylic acid groups (broad SMARTS) is 1. The molecule has 0 aromatic rings. The Kier molecular flexibility index (Phi) is 5.13. The normalized spacial score (nSPS) is 19.6. The van der Waals surface area contributed by atoms with Gasteiger partial charge in [0.15, 0.2) is 0 Å². The van der Waals surface area contributed by atoms with Gasteiger partial charge < -0.3 is 5.11 Å². The summed E-state index contributed by atoms with van der Waals surface area (Å²) in [6.45, 7) is 5.81. The molecule has 0 radical (unpaired) electrons. The summed E-state index contributed by atoms with van der Waals surface area (Å²) in [5.74, 6) is -1.16. The summed E-state index contributed by atoms with van der Waals surface area (Å²) in [4.78, 5) is 10.8. The first-order chi connectivity index (χ1) is 8.62. The van der Waals surface area contributed by atoms with E-state index in [9.17, 15) is 4.79 Å². The van der Waals surface area contributed by atoms with Crippen molar-refractivity contribution in [1.82, 2.24) is 0 Å². The first-order valence-electron chi connectivity index (χ1n) is 5.97. The van der Waals surface area contributed by atoms with Gasteiger partial charge in [-0.15, -0.1) is 6.58 Å². The Bertz CT molecular complexity index is 475. The van der Waals surface area contributed by atoms with Gasteiger partial charge >= 0.3 is 5.97 Å². The minimum Gasteiger partial charge on any atom is -0.477 e. The van der Waals surface area contributed by atoms with Crippen molar-refractivity contribution in [3.63, 3.8) is 0 Å². The van der Waals surface area contributed by atoms with Crippen LogP contribution >= 0.6 is 0 Å². The monoisotopic (exact) mass is 243 g/mol. The number of aliphatic carboxylic acids is 1. The van der Waals surface area contributed by atoms with Crippen LogP contribution in [-0.4, -0.2) is 11.1 Å². The summed E-state index contributed by atoms with van der Waals surface area (Å²) in [5, 5.41) is 17.6. The van der Waals surface area contributed by atoms with Gasteiger partial charge in [-0.1, -0.05) is 36.8 Å². The molecule has 3 nitrogen and oxygen atoms in total. The van der Waals surface area contributed by atoms with Gasteiger partial charge in [0.2, 0.25) is 0 Å². The molecular formula is C15H17NO2. The highest BCUT2D eigenvalue weighted by molar-refractivity contribution is 5.91. The zero-order valence-electron chi connectivity index (χ0n) is 10.5. The third-order valence-electron chi connectivity index (χ3n) is 3.00. The number of hydrogen-bond acceptors (Lipinski definition) is 2. The Morgan fingerprint density at radius 2 is 2.44 bits per heavy atom. The molecule has 0 saturated carbocycles. The van der Waals surface area contributed by atoms with Crippen molar-refractivity contribution in [3.05, 3.63) is 47.6 Å². The van der Waals surface area contributed by atoms with Gasteiger partial charge in [-0.25, -0.2) is 4.79 Å². The molecule has 0 amide bonds. The van der Waals surface area contributed by atoms with E-state index in [-0.39, 0.29) is 11.5 Å². The summed E-state index contributed by atoms with van der Waals surface area (Å²) in [6, 6.07) is 1.71. The van der Waals surface area contributed by atoms with Crippen LogP contribution in [0.5, 0.6) is 0 Å². The number of carboxylic acids is 1. The van der Waals surface area contributed by atoms with E-state index in [1.54, 1.807) is 6.07 Å². The summed E-state index contributed by atoms with van der Waals surface area (Å²) < 4.78 is 0. The molecule has 3 heteroatoms. The minimum absolute atomic E-state index is 0.000680. The van der Waals surface area contributed by atoms with E-state index in [4.69, 9.17) is 10.4 Å². The SMILES string of the molecule is C=CCC1=C(CC)CC(C=C(C#N)C(=O)O)C=C1. The molecule has 0 aromatic heterocycles. The highest BCUT2D eigenvalue weighted by atomic mass is 16.4. The van der Waals surface area contributed by atoms with Crippen molar-refractivity contribution >= 4 is 5.97 Å². The average Bonchev–Trinajstić information content (AvgIpc) is 2.37. The van der Waals surface area contributed by atoms with E-state index in [0.29, 0.717) is 0 Å². The molecule has 1 atom stereocenters. The number of rotatable bonds is 5. The van der Waals surface area contributed by atoms with Crippen LogP contribution in [0.1, 0.15) is 26.2 Å². The second-order valence-electron chi connectivity index (χ2n) is 4.20. The minimum atomic E-state index is -1.16. The van der Waals surface area contributed by atoms with E-state index in [1.807, 2.05) is 18.2 Å². The van der Waals surface area contributed by atoms with Gasteiger partial charge in [0.05, 0.1) is 0 Å². The topological polar surface area (TPSA) is 61.1 Å². The van der Waals surface area contributed by atoms with Crippen molar-refractivity contribution < 1.29 is 9.90 Å². The standard InChI is InChI=1S/C15H17NO2/c1-3-5-13-7-6-11(8-12(13)4-2)9-14(10-16)15(17)18/h3,6-7,9,11H,1,4-5,8H2,2H3,(H,17,18). The molecule has 0 spiro atoms. The Hall–Kier alpha value is -2.08. The lowest BCUT2D eigenvalue weighted by Gasteiger charge is -2.19. The van der Waals surface area contributed by atoms with Gasteiger partial charge in [-0.3, -0.25) is 0 Å². The molecule has 94 valence electrons. The number of carbonyl (C=O) groups is 1. The maximum Gasteiger partial charge on any atom is 0.346 e. The van der Waals surface area contributed by atoms with Crippen LogP contribution in [0.4, 0.5) is 0 Å². The van der Waals surface area contributed by atoms with Crippen LogP contribution in [-0.2, 0) is 4.79 Å². The lowest BCUT2D eigenvalue weighted by molar-refractivity contribution is -0.132. The zero-order chi connectivity index (χ0) is 13.5. The van der Waals surface area contributed by atoms with Crippen LogP contribution in [0.2, 0.25) is 0 Å². The van der Waals surface area contributed by atoms with Gasteiger partial charge in [0.1, 0.15) is 11.6 Å². The molecule has 0 aliphatic heterocycles. The van der Waals surface area contributed by atoms with Crippen molar-refractivity contribution in [2.45, 2.75) is 26.2 Å². The fourth-order valence-corrected chi connectivity index (χ4v) is 2.07. The first kappa shape index (κ1) is 14.0. The fourth-order valence-electron chi connectivity index (χ4n) is 2.07. The van der Waals surface area contributed by atoms with Crippen molar-refractivity contribution in [3.8, 4) is 6.07 Å². The van der Waals surface area contributed by atoms with Crippen LogP contribution in [0.25, 0.3) is 0 Å². The van der Waals surface area contributed by atoms with E-state index in [1.165, 1.54) is 17.2 Å². The van der Waals surface area contributed by atoms with Crippen LogP contribution in [0, 0.1) is 17.2 Å². The highest BCUT2D eigenvalue weighted by Crippen LogP contribution is 2.29. The largest absolute Gasteiger partial charge is 0.477 e. The summed E-state index contributed by atoms with van der Waals surface area (Å²) in [5.41, 5.74) is 2.37. The molecule has 0 fully saturated rings.